The Bertz CT molecular complexity index is 447. The Morgan fingerprint density at radius 2 is 1.90 bits per heavy atom. The Morgan fingerprint density at radius 3 is 2.52 bits per heavy atom. The lowest BCUT2D eigenvalue weighted by molar-refractivity contribution is 0.198. The molecule has 0 saturated carbocycles. The summed E-state index contributed by atoms with van der Waals surface area (Å²) < 4.78 is 5.80. The molecule has 0 aliphatic carbocycles. The molecule has 1 heterocycles. The maximum atomic E-state index is 6.33. The second-order valence-corrected chi connectivity index (χ2v) is 7.67. The Balaban J connectivity index is 1.80. The van der Waals surface area contributed by atoms with Gasteiger partial charge in [-0.3, -0.25) is 0 Å². The average molecular weight is 310 g/mol. The molecule has 0 bridgehead atoms. The van der Waals surface area contributed by atoms with Crippen molar-refractivity contribution in [3.8, 4) is 5.75 Å². The molecule has 0 N–H and O–H groups in total. The van der Waals surface area contributed by atoms with Crippen LogP contribution < -0.4 is 4.74 Å². The first-order chi connectivity index (χ1) is 9.94. The van der Waals surface area contributed by atoms with Crippen LogP contribution in [0.5, 0.6) is 5.75 Å². The van der Waals surface area contributed by atoms with Crippen molar-refractivity contribution in [2.24, 2.45) is 5.41 Å². The minimum Gasteiger partial charge on any atom is -0.491 e. The average Bonchev–Trinajstić information content (AvgIpc) is 2.90. The first kappa shape index (κ1) is 16.6. The van der Waals surface area contributed by atoms with E-state index in [2.05, 4.69) is 37.8 Å². The molecular formula is C18H28ClNO. The van der Waals surface area contributed by atoms with Gasteiger partial charge < -0.3 is 9.64 Å². The molecule has 1 aromatic carbocycles. The molecule has 0 radical (unpaired) electrons. The van der Waals surface area contributed by atoms with E-state index < -0.39 is 0 Å². The van der Waals surface area contributed by atoms with E-state index >= 15 is 0 Å². The van der Waals surface area contributed by atoms with E-state index in [0.717, 1.165) is 17.2 Å². The molecule has 3 heteroatoms. The molecule has 1 saturated heterocycles. The van der Waals surface area contributed by atoms with E-state index in [0.29, 0.717) is 6.61 Å². The maximum Gasteiger partial charge on any atom is 0.137 e. The summed E-state index contributed by atoms with van der Waals surface area (Å²) in [5.41, 5.74) is 1.46. The number of benzene rings is 1. The topological polar surface area (TPSA) is 12.5 Å². The number of nitrogens with zero attached hydrogens (tertiary/aromatic N) is 1. The van der Waals surface area contributed by atoms with Gasteiger partial charge in [-0.1, -0.05) is 38.4 Å². The van der Waals surface area contributed by atoms with Gasteiger partial charge in [-0.05, 0) is 68.4 Å². The van der Waals surface area contributed by atoms with Crippen LogP contribution in [0.1, 0.15) is 45.6 Å². The lowest BCUT2D eigenvalue weighted by Crippen LogP contribution is -2.20. The van der Waals surface area contributed by atoms with Gasteiger partial charge in [-0.2, -0.15) is 0 Å². The number of rotatable bonds is 6. The largest absolute Gasteiger partial charge is 0.491 e. The fraction of sp³-hybridized carbons (Fsp3) is 0.667. The van der Waals surface area contributed by atoms with Gasteiger partial charge in [-0.25, -0.2) is 0 Å². The predicted octanol–water partition coefficient (Wildman–Crippen LogP) is 4.79. The SMILES string of the molecule is CC(C)(C)COc1ccc(CCCN2CCCC2)cc1Cl. The first-order valence-electron chi connectivity index (χ1n) is 8.08. The van der Waals surface area contributed by atoms with Crippen molar-refractivity contribution in [1.82, 2.24) is 4.90 Å². The van der Waals surface area contributed by atoms with Gasteiger partial charge in [0.1, 0.15) is 5.75 Å². The molecule has 118 valence electrons. The van der Waals surface area contributed by atoms with E-state index in [1.807, 2.05) is 6.07 Å². The summed E-state index contributed by atoms with van der Waals surface area (Å²) in [6.07, 6.45) is 5.03. The van der Waals surface area contributed by atoms with Gasteiger partial charge >= 0.3 is 0 Å². The predicted molar refractivity (Wildman–Crippen MR) is 90.4 cm³/mol. The second kappa shape index (κ2) is 7.51. The van der Waals surface area contributed by atoms with Crippen molar-refractivity contribution >= 4 is 11.6 Å². The molecule has 2 rings (SSSR count). The zero-order valence-electron chi connectivity index (χ0n) is 13.6. The summed E-state index contributed by atoms with van der Waals surface area (Å²) in [5, 5.41) is 0.734. The molecule has 0 atom stereocenters. The molecule has 21 heavy (non-hydrogen) atoms. The molecule has 0 aromatic heterocycles. The molecule has 0 amide bonds. The number of halogens is 1. The fourth-order valence-electron chi connectivity index (χ4n) is 2.62. The smallest absolute Gasteiger partial charge is 0.137 e. The summed E-state index contributed by atoms with van der Waals surface area (Å²) in [5.74, 6) is 0.801. The minimum absolute atomic E-state index is 0.151. The van der Waals surface area contributed by atoms with Crippen LogP contribution in [0.4, 0.5) is 0 Å². The van der Waals surface area contributed by atoms with E-state index in [1.165, 1.54) is 44.5 Å². The van der Waals surface area contributed by atoms with Crippen LogP contribution in [-0.4, -0.2) is 31.1 Å². The van der Waals surface area contributed by atoms with Crippen molar-refractivity contribution in [2.75, 3.05) is 26.2 Å². The zero-order chi connectivity index (χ0) is 15.3. The summed E-state index contributed by atoms with van der Waals surface area (Å²) in [7, 11) is 0. The number of ether oxygens (including phenoxy) is 1. The van der Waals surface area contributed by atoms with Crippen LogP contribution in [0, 0.1) is 5.41 Å². The fourth-order valence-corrected chi connectivity index (χ4v) is 2.88. The van der Waals surface area contributed by atoms with Crippen LogP contribution in [0.25, 0.3) is 0 Å². The van der Waals surface area contributed by atoms with Gasteiger partial charge in [0, 0.05) is 0 Å². The Labute approximate surface area is 134 Å². The van der Waals surface area contributed by atoms with Crippen LogP contribution in [0.2, 0.25) is 5.02 Å². The first-order valence-corrected chi connectivity index (χ1v) is 8.45. The highest BCUT2D eigenvalue weighted by atomic mass is 35.5. The minimum atomic E-state index is 0.151. The highest BCUT2D eigenvalue weighted by Gasteiger charge is 2.13. The van der Waals surface area contributed by atoms with E-state index in [1.54, 1.807) is 0 Å². The standard InChI is InChI=1S/C18H28ClNO/c1-18(2,3)14-21-17-9-8-15(13-16(17)19)7-6-12-20-10-4-5-11-20/h8-9,13H,4-7,10-12,14H2,1-3H3. The number of aryl methyl sites for hydroxylation is 1. The Hall–Kier alpha value is -0.730. The summed E-state index contributed by atoms with van der Waals surface area (Å²) in [6.45, 7) is 10.9. The van der Waals surface area contributed by atoms with E-state index in [9.17, 15) is 0 Å². The van der Waals surface area contributed by atoms with Gasteiger partial charge in [-0.15, -0.1) is 0 Å². The van der Waals surface area contributed by atoms with Crippen LogP contribution >= 0.6 is 11.6 Å². The van der Waals surface area contributed by atoms with Gasteiger partial charge in [0.2, 0.25) is 0 Å². The van der Waals surface area contributed by atoms with Crippen LogP contribution in [-0.2, 0) is 6.42 Å². The summed E-state index contributed by atoms with van der Waals surface area (Å²) in [4.78, 5) is 2.56. The Kier molecular flexibility index (Phi) is 5.95. The molecule has 1 aliphatic rings. The van der Waals surface area contributed by atoms with Crippen LogP contribution in [0.3, 0.4) is 0 Å². The van der Waals surface area contributed by atoms with Crippen molar-refractivity contribution in [1.29, 1.82) is 0 Å². The van der Waals surface area contributed by atoms with Crippen molar-refractivity contribution in [2.45, 2.75) is 46.5 Å². The third-order valence-corrected chi connectivity index (χ3v) is 4.09. The molecule has 1 aliphatic heterocycles. The van der Waals surface area contributed by atoms with E-state index in [4.69, 9.17) is 16.3 Å². The number of hydrogen-bond donors (Lipinski definition) is 0. The monoisotopic (exact) mass is 309 g/mol. The van der Waals surface area contributed by atoms with Crippen molar-refractivity contribution < 1.29 is 4.74 Å². The molecule has 1 aromatic rings. The van der Waals surface area contributed by atoms with Gasteiger partial charge in [0.25, 0.3) is 0 Å². The summed E-state index contributed by atoms with van der Waals surface area (Å²) in [6, 6.07) is 6.22. The van der Waals surface area contributed by atoms with Gasteiger partial charge in [0.15, 0.2) is 0 Å². The molecular weight excluding hydrogens is 282 g/mol. The zero-order valence-corrected chi connectivity index (χ0v) is 14.4. The number of hydrogen-bond acceptors (Lipinski definition) is 2. The van der Waals surface area contributed by atoms with Gasteiger partial charge in [0.05, 0.1) is 11.6 Å². The highest BCUT2D eigenvalue weighted by Crippen LogP contribution is 2.28. The van der Waals surface area contributed by atoms with Crippen LogP contribution in [0.15, 0.2) is 18.2 Å². The van der Waals surface area contributed by atoms with Crippen molar-refractivity contribution in [3.63, 3.8) is 0 Å². The molecule has 0 spiro atoms. The summed E-state index contributed by atoms with van der Waals surface area (Å²) >= 11 is 6.33. The Morgan fingerprint density at radius 1 is 1.19 bits per heavy atom. The third kappa shape index (κ3) is 5.88. The van der Waals surface area contributed by atoms with E-state index in [-0.39, 0.29) is 5.41 Å². The molecule has 0 unspecified atom stereocenters. The normalized spacial score (nSPS) is 16.4. The lowest BCUT2D eigenvalue weighted by Gasteiger charge is -2.19. The molecule has 1 fully saturated rings. The molecule has 2 nitrogen and oxygen atoms in total. The quantitative estimate of drug-likeness (QED) is 0.749. The van der Waals surface area contributed by atoms with Crippen molar-refractivity contribution in [3.05, 3.63) is 28.8 Å². The third-order valence-electron chi connectivity index (χ3n) is 3.80. The lowest BCUT2D eigenvalue weighted by atomic mass is 9.99. The number of likely N-dealkylation sites (tertiary alicyclic amines) is 1. The second-order valence-electron chi connectivity index (χ2n) is 7.27. The maximum absolute atomic E-state index is 6.33. The highest BCUT2D eigenvalue weighted by molar-refractivity contribution is 6.32.